The van der Waals surface area contributed by atoms with E-state index in [4.69, 9.17) is 0 Å². The van der Waals surface area contributed by atoms with Crippen molar-refractivity contribution in [1.29, 1.82) is 0 Å². The molecule has 2 fully saturated rings. The van der Waals surface area contributed by atoms with E-state index in [9.17, 15) is 14.4 Å². The van der Waals surface area contributed by atoms with E-state index in [1.165, 1.54) is 0 Å². The van der Waals surface area contributed by atoms with Crippen LogP contribution in [0.25, 0.3) is 10.8 Å². The van der Waals surface area contributed by atoms with E-state index in [0.29, 0.717) is 22.6 Å². The van der Waals surface area contributed by atoms with Gasteiger partial charge >= 0.3 is 11.8 Å². The van der Waals surface area contributed by atoms with Crippen molar-refractivity contribution < 1.29 is 14.4 Å². The van der Waals surface area contributed by atoms with Gasteiger partial charge in [-0.25, -0.2) is 9.97 Å². The first-order chi connectivity index (χ1) is 20.0. The van der Waals surface area contributed by atoms with Crippen molar-refractivity contribution in [2.75, 3.05) is 6.54 Å². The fraction of sp³-hybridized carbons (Fsp3) is 0.242. The van der Waals surface area contributed by atoms with Gasteiger partial charge in [0, 0.05) is 30.4 Å². The highest BCUT2D eigenvalue weighted by Crippen LogP contribution is 2.46. The minimum atomic E-state index is -0.797. The summed E-state index contributed by atoms with van der Waals surface area (Å²) in [6.45, 7) is 0.0433. The van der Waals surface area contributed by atoms with Gasteiger partial charge in [0.1, 0.15) is 5.82 Å². The molecule has 3 aromatic carbocycles. The van der Waals surface area contributed by atoms with E-state index in [0.717, 1.165) is 47.8 Å². The summed E-state index contributed by atoms with van der Waals surface area (Å²) in [5.41, 5.74) is 2.41. The molecule has 1 aromatic heterocycles. The van der Waals surface area contributed by atoms with Gasteiger partial charge in [-0.3, -0.25) is 14.4 Å². The quantitative estimate of drug-likeness (QED) is 0.243. The molecule has 0 spiro atoms. The number of hydrogen-bond donors (Lipinski definition) is 3. The van der Waals surface area contributed by atoms with Crippen molar-refractivity contribution in [3.63, 3.8) is 0 Å². The normalized spacial score (nSPS) is 14.8. The molecule has 1 heterocycles. The lowest BCUT2D eigenvalue weighted by atomic mass is 9.99. The molecule has 0 saturated heterocycles. The van der Waals surface area contributed by atoms with Gasteiger partial charge < -0.3 is 16.0 Å². The number of aromatic nitrogens is 2. The second-order valence-electron chi connectivity index (χ2n) is 10.5. The summed E-state index contributed by atoms with van der Waals surface area (Å²) < 4.78 is 0. The lowest BCUT2D eigenvalue weighted by Crippen LogP contribution is -2.40. The molecule has 6 rings (SSSR count). The van der Waals surface area contributed by atoms with Crippen LogP contribution < -0.4 is 16.0 Å². The molecule has 8 nitrogen and oxygen atoms in total. The number of carbonyl (C=O) groups is 3. The molecule has 8 heteroatoms. The number of nitrogens with zero attached hydrogens (tertiary/aromatic N) is 2. The van der Waals surface area contributed by atoms with Crippen LogP contribution in [0.5, 0.6) is 0 Å². The maximum absolute atomic E-state index is 13.4. The SMILES string of the molecule is O=C(NCC#Cc1cnc(C2CC2)nc1)C(=O)NCc1ccccc1C(=O)NC1(c2ccc3ccccc3c2)CC1. The van der Waals surface area contributed by atoms with Crippen molar-refractivity contribution in [3.8, 4) is 11.8 Å². The summed E-state index contributed by atoms with van der Waals surface area (Å²) in [7, 11) is 0. The molecule has 3 amide bonds. The Kier molecular flexibility index (Phi) is 7.17. The Hall–Kier alpha value is -5.03. The Labute approximate surface area is 238 Å². The van der Waals surface area contributed by atoms with Gasteiger partial charge in [0.2, 0.25) is 0 Å². The van der Waals surface area contributed by atoms with E-state index >= 15 is 0 Å². The first-order valence-electron chi connectivity index (χ1n) is 13.8. The molecule has 2 saturated carbocycles. The third kappa shape index (κ3) is 6.10. The second kappa shape index (κ2) is 11.2. The van der Waals surface area contributed by atoms with Crippen LogP contribution in [0.2, 0.25) is 0 Å². The number of fused-ring (bicyclic) bond motifs is 1. The first kappa shape index (κ1) is 26.2. The minimum absolute atomic E-state index is 0.00643. The van der Waals surface area contributed by atoms with Gasteiger partial charge in [-0.2, -0.15) is 0 Å². The van der Waals surface area contributed by atoms with Gasteiger partial charge in [0.05, 0.1) is 17.6 Å². The molecule has 204 valence electrons. The molecule has 0 unspecified atom stereocenters. The number of carbonyl (C=O) groups excluding carboxylic acids is 3. The van der Waals surface area contributed by atoms with Crippen LogP contribution in [0.3, 0.4) is 0 Å². The van der Waals surface area contributed by atoms with Crippen LogP contribution >= 0.6 is 0 Å². The van der Waals surface area contributed by atoms with Crippen LogP contribution in [0.1, 0.15) is 64.5 Å². The van der Waals surface area contributed by atoms with Crippen LogP contribution in [0, 0.1) is 11.8 Å². The Morgan fingerprint density at radius 3 is 2.32 bits per heavy atom. The Bertz CT molecular complexity index is 1700. The lowest BCUT2D eigenvalue weighted by molar-refractivity contribution is -0.139. The lowest BCUT2D eigenvalue weighted by Gasteiger charge is -2.20. The molecule has 0 radical (unpaired) electrons. The summed E-state index contributed by atoms with van der Waals surface area (Å²) in [4.78, 5) is 46.7. The summed E-state index contributed by atoms with van der Waals surface area (Å²) >= 11 is 0. The monoisotopic (exact) mass is 543 g/mol. The van der Waals surface area contributed by atoms with Gasteiger partial charge in [-0.05, 0) is 59.7 Å². The van der Waals surface area contributed by atoms with E-state index in [1.54, 1.807) is 36.7 Å². The first-order valence-corrected chi connectivity index (χ1v) is 13.8. The number of amides is 3. The van der Waals surface area contributed by atoms with Gasteiger partial charge in [-0.15, -0.1) is 0 Å². The topological polar surface area (TPSA) is 113 Å². The summed E-state index contributed by atoms with van der Waals surface area (Å²) in [6.07, 6.45) is 7.32. The largest absolute Gasteiger partial charge is 0.344 e. The van der Waals surface area contributed by atoms with Crippen molar-refractivity contribution >= 4 is 28.5 Å². The number of rotatable bonds is 7. The van der Waals surface area contributed by atoms with Crippen LogP contribution in [-0.4, -0.2) is 34.2 Å². The van der Waals surface area contributed by atoms with E-state index in [2.05, 4.69) is 68.1 Å². The fourth-order valence-electron chi connectivity index (χ4n) is 4.84. The zero-order valence-corrected chi connectivity index (χ0v) is 22.4. The van der Waals surface area contributed by atoms with Gasteiger partial charge in [0.15, 0.2) is 0 Å². The Balaban J connectivity index is 1.03. The van der Waals surface area contributed by atoms with Crippen LogP contribution in [-0.2, 0) is 21.7 Å². The molecular formula is C33H29N5O3. The third-order valence-corrected chi connectivity index (χ3v) is 7.50. The summed E-state index contributed by atoms with van der Waals surface area (Å²) in [6, 6.07) is 21.5. The average molecular weight is 544 g/mol. The highest BCUT2D eigenvalue weighted by atomic mass is 16.2. The highest BCUT2D eigenvalue weighted by molar-refractivity contribution is 6.35. The van der Waals surface area contributed by atoms with Crippen LogP contribution in [0.15, 0.2) is 79.1 Å². The van der Waals surface area contributed by atoms with Crippen molar-refractivity contribution in [1.82, 2.24) is 25.9 Å². The molecule has 0 atom stereocenters. The maximum atomic E-state index is 13.4. The average Bonchev–Trinajstić information content (AvgIpc) is 3.94. The standard InChI is InChI=1S/C33H29N5O3/c39-30(38-33(15-16-33)27-14-13-23-7-1-2-8-25(23)18-27)28-10-4-3-9-26(28)21-37-32(41)31(40)34-17-5-6-22-19-35-29(36-20-22)24-11-12-24/h1-4,7-10,13-14,18-20,24H,11-12,15-17,21H2,(H,34,40)(H,37,41)(H,38,39). The molecule has 0 aliphatic heterocycles. The van der Waals surface area contributed by atoms with Crippen LogP contribution in [0.4, 0.5) is 0 Å². The predicted molar refractivity (Wildman–Crippen MR) is 155 cm³/mol. The van der Waals surface area contributed by atoms with Gasteiger partial charge in [-0.1, -0.05) is 66.4 Å². The second-order valence-corrected chi connectivity index (χ2v) is 10.5. The summed E-state index contributed by atoms with van der Waals surface area (Å²) in [5, 5.41) is 10.6. The smallest absolute Gasteiger partial charge is 0.310 e. The molecule has 0 bridgehead atoms. The molecule has 41 heavy (non-hydrogen) atoms. The minimum Gasteiger partial charge on any atom is -0.344 e. The van der Waals surface area contributed by atoms with Gasteiger partial charge in [0.25, 0.3) is 5.91 Å². The van der Waals surface area contributed by atoms with E-state index < -0.39 is 17.4 Å². The maximum Gasteiger partial charge on any atom is 0.310 e. The highest BCUT2D eigenvalue weighted by Gasteiger charge is 2.46. The molecule has 2 aliphatic carbocycles. The Morgan fingerprint density at radius 1 is 0.854 bits per heavy atom. The van der Waals surface area contributed by atoms with E-state index in [-0.39, 0.29) is 19.0 Å². The fourth-order valence-corrected chi connectivity index (χ4v) is 4.84. The third-order valence-electron chi connectivity index (χ3n) is 7.50. The zero-order valence-electron chi connectivity index (χ0n) is 22.4. The van der Waals surface area contributed by atoms with Crippen molar-refractivity contribution in [2.45, 2.75) is 43.7 Å². The van der Waals surface area contributed by atoms with E-state index in [1.807, 2.05) is 12.1 Å². The van der Waals surface area contributed by atoms with Crippen molar-refractivity contribution in [2.24, 2.45) is 0 Å². The molecule has 2 aliphatic rings. The summed E-state index contributed by atoms with van der Waals surface area (Å²) in [5.74, 6) is 5.20. The molecule has 3 N–H and O–H groups in total. The van der Waals surface area contributed by atoms with Crippen molar-refractivity contribution in [3.05, 3.63) is 107 Å². The number of benzene rings is 3. The molecular weight excluding hydrogens is 514 g/mol. The zero-order chi connectivity index (χ0) is 28.2. The number of nitrogens with one attached hydrogen (secondary N) is 3. The number of hydrogen-bond acceptors (Lipinski definition) is 5. The molecule has 4 aromatic rings. The predicted octanol–water partition coefficient (Wildman–Crippen LogP) is 3.71. The Morgan fingerprint density at radius 2 is 1.56 bits per heavy atom.